The van der Waals surface area contributed by atoms with Gasteiger partial charge >= 0.3 is 11.9 Å². The van der Waals surface area contributed by atoms with Crippen molar-refractivity contribution in [3.05, 3.63) is 28.2 Å². The van der Waals surface area contributed by atoms with Gasteiger partial charge in [-0.15, -0.1) is 11.3 Å². The molecule has 1 amide bonds. The Hall–Kier alpha value is -2.15. The second-order valence-electron chi connectivity index (χ2n) is 7.99. The van der Waals surface area contributed by atoms with Gasteiger partial charge in [0.25, 0.3) is 0 Å². The second-order valence-corrected chi connectivity index (χ2v) is 9.10. The van der Waals surface area contributed by atoms with Crippen molar-refractivity contribution >= 4 is 34.2 Å². The van der Waals surface area contributed by atoms with Crippen molar-refractivity contribution in [3.8, 4) is 0 Å². The number of rotatable bonds is 5. The zero-order chi connectivity index (χ0) is 20.4. The predicted octanol–water partition coefficient (Wildman–Crippen LogP) is 4.04. The van der Waals surface area contributed by atoms with Crippen molar-refractivity contribution in [2.75, 3.05) is 5.32 Å². The number of amides is 1. The summed E-state index contributed by atoms with van der Waals surface area (Å²) in [6.45, 7) is 5.77. The number of anilines is 1. The zero-order valence-electron chi connectivity index (χ0n) is 16.5. The number of esters is 1. The maximum atomic E-state index is 12.9. The standard InChI is InChI=1S/C21H27NO5S/c1-11(2)27-21(26)17-15-9-8-12(3)10-16(15)28-19(17)22-18(23)13-6-4-5-7-14(13)20(24)25/h4-5,11-14H,6-10H2,1-3H3,(H,22,23)(H,24,25)/t12-,13+,14-/m0/s1. The Morgan fingerprint density at radius 1 is 1.21 bits per heavy atom. The van der Waals surface area contributed by atoms with Gasteiger partial charge in [0.2, 0.25) is 5.91 Å². The van der Waals surface area contributed by atoms with Gasteiger partial charge in [0.1, 0.15) is 5.00 Å². The van der Waals surface area contributed by atoms with E-state index in [0.717, 1.165) is 29.7 Å². The first-order chi connectivity index (χ1) is 13.3. The molecule has 0 saturated carbocycles. The lowest BCUT2D eigenvalue weighted by atomic mass is 9.82. The van der Waals surface area contributed by atoms with Crippen LogP contribution in [0.2, 0.25) is 0 Å². The normalized spacial score (nSPS) is 23.9. The van der Waals surface area contributed by atoms with Crippen LogP contribution in [0.3, 0.4) is 0 Å². The molecule has 0 saturated heterocycles. The van der Waals surface area contributed by atoms with Gasteiger partial charge < -0.3 is 15.2 Å². The van der Waals surface area contributed by atoms with Gasteiger partial charge in [-0.1, -0.05) is 19.1 Å². The van der Waals surface area contributed by atoms with E-state index in [1.54, 1.807) is 19.9 Å². The Labute approximate surface area is 169 Å². The minimum absolute atomic E-state index is 0.256. The summed E-state index contributed by atoms with van der Waals surface area (Å²) in [5.41, 5.74) is 1.43. The number of hydrogen-bond acceptors (Lipinski definition) is 5. The molecule has 3 atom stereocenters. The molecule has 2 aliphatic rings. The van der Waals surface area contributed by atoms with Crippen molar-refractivity contribution in [1.82, 2.24) is 0 Å². The highest BCUT2D eigenvalue weighted by atomic mass is 32.1. The van der Waals surface area contributed by atoms with Gasteiger partial charge in [-0.05, 0) is 57.4 Å². The number of carboxylic acid groups (broad SMARTS) is 1. The molecule has 3 rings (SSSR count). The molecule has 0 bridgehead atoms. The number of aliphatic carboxylic acids is 1. The summed E-state index contributed by atoms with van der Waals surface area (Å²) in [6.07, 6.45) is 6.78. The zero-order valence-corrected chi connectivity index (χ0v) is 17.3. The summed E-state index contributed by atoms with van der Waals surface area (Å²) in [4.78, 5) is 38.3. The van der Waals surface area contributed by atoms with E-state index in [1.807, 2.05) is 6.08 Å². The van der Waals surface area contributed by atoms with Gasteiger partial charge in [-0.2, -0.15) is 0 Å². The fourth-order valence-corrected chi connectivity index (χ4v) is 5.31. The number of fused-ring (bicyclic) bond motifs is 1. The summed E-state index contributed by atoms with van der Waals surface area (Å²) in [5, 5.41) is 12.8. The van der Waals surface area contributed by atoms with Crippen LogP contribution in [0.25, 0.3) is 0 Å². The molecule has 1 heterocycles. The van der Waals surface area contributed by atoms with E-state index < -0.39 is 23.8 Å². The lowest BCUT2D eigenvalue weighted by Gasteiger charge is -2.24. The first-order valence-corrected chi connectivity index (χ1v) is 10.6. The summed E-state index contributed by atoms with van der Waals surface area (Å²) in [7, 11) is 0. The van der Waals surface area contributed by atoms with E-state index in [2.05, 4.69) is 12.2 Å². The highest BCUT2D eigenvalue weighted by molar-refractivity contribution is 7.17. The van der Waals surface area contributed by atoms with Crippen LogP contribution < -0.4 is 5.32 Å². The third-order valence-electron chi connectivity index (χ3n) is 5.38. The highest BCUT2D eigenvalue weighted by Crippen LogP contribution is 2.41. The van der Waals surface area contributed by atoms with E-state index in [0.29, 0.717) is 29.3 Å². The maximum Gasteiger partial charge on any atom is 0.341 e. The molecule has 7 heteroatoms. The lowest BCUT2D eigenvalue weighted by molar-refractivity contribution is -0.146. The van der Waals surface area contributed by atoms with Crippen LogP contribution in [0, 0.1) is 17.8 Å². The molecule has 28 heavy (non-hydrogen) atoms. The fraction of sp³-hybridized carbons (Fsp3) is 0.571. The lowest BCUT2D eigenvalue weighted by Crippen LogP contribution is -2.34. The minimum atomic E-state index is -0.969. The molecule has 2 N–H and O–H groups in total. The van der Waals surface area contributed by atoms with Crippen LogP contribution >= 0.6 is 11.3 Å². The second kappa shape index (κ2) is 8.47. The molecule has 0 radical (unpaired) electrons. The molecule has 6 nitrogen and oxygen atoms in total. The Kier molecular flexibility index (Phi) is 6.23. The van der Waals surface area contributed by atoms with Crippen molar-refractivity contribution in [2.45, 2.75) is 59.0 Å². The van der Waals surface area contributed by atoms with Crippen molar-refractivity contribution in [2.24, 2.45) is 17.8 Å². The number of hydrogen-bond donors (Lipinski definition) is 2. The first kappa shape index (κ1) is 20.6. The first-order valence-electron chi connectivity index (χ1n) is 9.82. The van der Waals surface area contributed by atoms with E-state index in [-0.39, 0.29) is 12.0 Å². The SMILES string of the molecule is CC(C)OC(=O)c1c(NC(=O)[C@@H]2CC=CC[C@@H]2C(=O)O)sc2c1CC[C@H](C)C2. The molecule has 0 aliphatic heterocycles. The summed E-state index contributed by atoms with van der Waals surface area (Å²) in [6, 6.07) is 0. The number of carboxylic acids is 1. The molecular formula is C21H27NO5S. The summed E-state index contributed by atoms with van der Waals surface area (Å²) in [5.74, 6) is -2.59. The van der Waals surface area contributed by atoms with Crippen molar-refractivity contribution in [1.29, 1.82) is 0 Å². The van der Waals surface area contributed by atoms with Crippen LogP contribution in [0.15, 0.2) is 12.2 Å². The molecule has 0 fully saturated rings. The maximum absolute atomic E-state index is 12.9. The predicted molar refractivity (Wildman–Crippen MR) is 108 cm³/mol. The molecule has 2 aliphatic carbocycles. The number of carbonyl (C=O) groups excluding carboxylic acids is 2. The number of ether oxygens (including phenoxy) is 1. The molecule has 0 unspecified atom stereocenters. The molecule has 152 valence electrons. The molecule has 0 spiro atoms. The van der Waals surface area contributed by atoms with Gasteiger partial charge in [0, 0.05) is 4.88 Å². The smallest absolute Gasteiger partial charge is 0.341 e. The van der Waals surface area contributed by atoms with Crippen molar-refractivity contribution < 1.29 is 24.2 Å². The van der Waals surface area contributed by atoms with Crippen LogP contribution in [-0.2, 0) is 27.2 Å². The van der Waals surface area contributed by atoms with E-state index >= 15 is 0 Å². The van der Waals surface area contributed by atoms with Gasteiger partial charge in [0.05, 0.1) is 23.5 Å². The molecule has 1 aromatic rings. The number of carbonyl (C=O) groups is 3. The van der Waals surface area contributed by atoms with Gasteiger partial charge in [-0.25, -0.2) is 4.79 Å². The van der Waals surface area contributed by atoms with Crippen LogP contribution in [0.4, 0.5) is 5.00 Å². The van der Waals surface area contributed by atoms with E-state index in [1.165, 1.54) is 11.3 Å². The molecule has 0 aromatic carbocycles. The van der Waals surface area contributed by atoms with Crippen LogP contribution in [0.5, 0.6) is 0 Å². The van der Waals surface area contributed by atoms with Crippen molar-refractivity contribution in [3.63, 3.8) is 0 Å². The summed E-state index contributed by atoms with van der Waals surface area (Å²) >= 11 is 1.42. The van der Waals surface area contributed by atoms with Gasteiger partial charge in [0.15, 0.2) is 0 Å². The third kappa shape index (κ3) is 4.29. The van der Waals surface area contributed by atoms with E-state index in [4.69, 9.17) is 4.74 Å². The average Bonchev–Trinajstić information content (AvgIpc) is 2.97. The van der Waals surface area contributed by atoms with Gasteiger partial charge in [-0.3, -0.25) is 9.59 Å². The third-order valence-corrected chi connectivity index (χ3v) is 6.55. The fourth-order valence-electron chi connectivity index (χ4n) is 3.91. The Balaban J connectivity index is 1.90. The number of nitrogens with one attached hydrogen (secondary N) is 1. The van der Waals surface area contributed by atoms with Crippen LogP contribution in [-0.4, -0.2) is 29.1 Å². The molecular weight excluding hydrogens is 378 g/mol. The monoisotopic (exact) mass is 405 g/mol. The minimum Gasteiger partial charge on any atom is -0.481 e. The average molecular weight is 406 g/mol. The topological polar surface area (TPSA) is 92.7 Å². The Morgan fingerprint density at radius 2 is 1.89 bits per heavy atom. The van der Waals surface area contributed by atoms with E-state index in [9.17, 15) is 19.5 Å². The summed E-state index contributed by atoms with van der Waals surface area (Å²) < 4.78 is 5.43. The Morgan fingerprint density at radius 3 is 2.54 bits per heavy atom. The number of thiophene rings is 1. The largest absolute Gasteiger partial charge is 0.481 e. The number of allylic oxidation sites excluding steroid dienone is 2. The molecule has 1 aromatic heterocycles. The highest BCUT2D eigenvalue weighted by Gasteiger charge is 2.36. The van der Waals surface area contributed by atoms with Crippen LogP contribution in [0.1, 0.15) is 60.8 Å². The Bertz CT molecular complexity index is 810. The quantitative estimate of drug-likeness (QED) is 0.570.